The zero-order valence-electron chi connectivity index (χ0n) is 15.8. The fraction of sp³-hybridized carbons (Fsp3) is 0.667. The van der Waals surface area contributed by atoms with Gasteiger partial charge in [-0.15, -0.1) is 0 Å². The Balaban J connectivity index is 1.59. The lowest BCUT2D eigenvalue weighted by Crippen LogP contribution is -2.53. The van der Waals surface area contributed by atoms with Crippen molar-refractivity contribution < 1.29 is 19.4 Å². The van der Waals surface area contributed by atoms with Crippen molar-refractivity contribution in [3.05, 3.63) is 29.8 Å². The van der Waals surface area contributed by atoms with Crippen molar-refractivity contribution >= 4 is 5.78 Å². The number of ether oxygens (including phenoxy) is 2. The highest BCUT2D eigenvalue weighted by Gasteiger charge is 2.66. The summed E-state index contributed by atoms with van der Waals surface area (Å²) in [4.78, 5) is 12.7. The maximum absolute atomic E-state index is 12.7. The SMILES string of the molecule is COc1cccc(CCC[C@@H]2CC[C@@]3(C)C(=O)C(C)(C)C[C@]3(O)O2)c1. The molecule has 25 heavy (non-hydrogen) atoms. The third-order valence-electron chi connectivity index (χ3n) is 6.11. The molecule has 1 aliphatic carbocycles. The van der Waals surface area contributed by atoms with E-state index in [1.807, 2.05) is 32.9 Å². The maximum Gasteiger partial charge on any atom is 0.179 e. The highest BCUT2D eigenvalue weighted by atomic mass is 16.6. The van der Waals surface area contributed by atoms with Gasteiger partial charge in [0.1, 0.15) is 11.5 Å². The molecule has 1 saturated heterocycles. The molecule has 1 aromatic rings. The van der Waals surface area contributed by atoms with Crippen LogP contribution in [0, 0.1) is 10.8 Å². The predicted octanol–water partition coefficient (Wildman–Crippen LogP) is 3.89. The van der Waals surface area contributed by atoms with Crippen molar-refractivity contribution in [3.63, 3.8) is 0 Å². The van der Waals surface area contributed by atoms with Gasteiger partial charge in [0.05, 0.1) is 18.6 Å². The van der Waals surface area contributed by atoms with Crippen molar-refractivity contribution in [2.24, 2.45) is 10.8 Å². The molecule has 3 rings (SSSR count). The first-order valence-corrected chi connectivity index (χ1v) is 9.28. The minimum absolute atomic E-state index is 0.0189. The Morgan fingerprint density at radius 2 is 2.08 bits per heavy atom. The standard InChI is InChI=1S/C21H30O4/c1-19(2)14-21(23)20(3,18(19)22)12-11-16(25-21)9-5-7-15-8-6-10-17(13-15)24-4/h6,8,10,13,16,23H,5,7,9,11-12,14H2,1-4H3/t16-,20+,21+/m1/s1. The molecule has 0 unspecified atom stereocenters. The number of methoxy groups -OCH3 is 1. The fourth-order valence-corrected chi connectivity index (χ4v) is 4.63. The molecule has 1 aliphatic heterocycles. The third kappa shape index (κ3) is 3.22. The van der Waals surface area contributed by atoms with E-state index in [-0.39, 0.29) is 11.9 Å². The molecular formula is C21H30O4. The summed E-state index contributed by atoms with van der Waals surface area (Å²) in [7, 11) is 1.68. The minimum Gasteiger partial charge on any atom is -0.497 e. The number of benzene rings is 1. The summed E-state index contributed by atoms with van der Waals surface area (Å²) in [5, 5.41) is 11.1. The van der Waals surface area contributed by atoms with E-state index in [1.165, 1.54) is 5.56 Å². The van der Waals surface area contributed by atoms with Gasteiger partial charge in [0.2, 0.25) is 0 Å². The van der Waals surface area contributed by atoms with E-state index in [0.29, 0.717) is 12.8 Å². The van der Waals surface area contributed by atoms with Crippen LogP contribution in [0.15, 0.2) is 24.3 Å². The summed E-state index contributed by atoms with van der Waals surface area (Å²) < 4.78 is 11.4. The number of aryl methyl sites for hydroxylation is 1. The van der Waals surface area contributed by atoms with Crippen LogP contribution in [0.1, 0.15) is 58.4 Å². The number of carbonyl (C=O) groups is 1. The van der Waals surface area contributed by atoms with Crippen LogP contribution in [0.4, 0.5) is 0 Å². The number of carbonyl (C=O) groups excluding carboxylic acids is 1. The maximum atomic E-state index is 12.7. The number of rotatable bonds is 5. The Morgan fingerprint density at radius 1 is 1.32 bits per heavy atom. The van der Waals surface area contributed by atoms with Gasteiger partial charge in [0.15, 0.2) is 5.79 Å². The van der Waals surface area contributed by atoms with Crippen molar-refractivity contribution in [1.29, 1.82) is 0 Å². The van der Waals surface area contributed by atoms with Crippen LogP contribution in [0.25, 0.3) is 0 Å². The van der Waals surface area contributed by atoms with Gasteiger partial charge in [0.25, 0.3) is 0 Å². The van der Waals surface area contributed by atoms with Crippen molar-refractivity contribution in [3.8, 4) is 5.75 Å². The van der Waals surface area contributed by atoms with Crippen LogP contribution < -0.4 is 4.74 Å². The molecule has 0 spiro atoms. The zero-order chi connectivity index (χ0) is 18.3. The molecule has 3 atom stereocenters. The average molecular weight is 346 g/mol. The third-order valence-corrected chi connectivity index (χ3v) is 6.11. The molecule has 2 fully saturated rings. The van der Waals surface area contributed by atoms with Gasteiger partial charge in [-0.1, -0.05) is 26.0 Å². The molecule has 1 heterocycles. The number of hydrogen-bond donors (Lipinski definition) is 1. The summed E-state index contributed by atoms with van der Waals surface area (Å²) in [5.41, 5.74) is -0.0328. The van der Waals surface area contributed by atoms with E-state index in [1.54, 1.807) is 7.11 Å². The molecule has 0 radical (unpaired) electrons. The van der Waals surface area contributed by atoms with Crippen LogP contribution in [-0.4, -0.2) is 29.9 Å². The molecule has 0 aromatic heterocycles. The molecular weight excluding hydrogens is 316 g/mol. The molecule has 2 aliphatic rings. The highest BCUT2D eigenvalue weighted by molar-refractivity contribution is 5.93. The lowest BCUT2D eigenvalue weighted by molar-refractivity contribution is -0.298. The van der Waals surface area contributed by atoms with Gasteiger partial charge >= 0.3 is 0 Å². The summed E-state index contributed by atoms with van der Waals surface area (Å²) in [6.45, 7) is 5.70. The quantitative estimate of drug-likeness (QED) is 0.879. The lowest BCUT2D eigenvalue weighted by Gasteiger charge is -2.45. The molecule has 1 N–H and O–H groups in total. The van der Waals surface area contributed by atoms with Gasteiger partial charge in [-0.25, -0.2) is 0 Å². The van der Waals surface area contributed by atoms with E-state index in [2.05, 4.69) is 12.1 Å². The van der Waals surface area contributed by atoms with Crippen LogP contribution in [0.3, 0.4) is 0 Å². The summed E-state index contributed by atoms with van der Waals surface area (Å²) >= 11 is 0. The molecule has 0 amide bonds. The minimum atomic E-state index is -1.31. The Hall–Kier alpha value is -1.39. The van der Waals surface area contributed by atoms with Crippen molar-refractivity contribution in [2.75, 3.05) is 7.11 Å². The predicted molar refractivity (Wildman–Crippen MR) is 96.5 cm³/mol. The van der Waals surface area contributed by atoms with Gasteiger partial charge in [-0.05, 0) is 56.7 Å². The lowest BCUT2D eigenvalue weighted by atomic mass is 9.73. The number of fused-ring (bicyclic) bond motifs is 1. The van der Waals surface area contributed by atoms with E-state index < -0.39 is 16.6 Å². The number of ketones is 1. The van der Waals surface area contributed by atoms with Gasteiger partial charge in [-0.2, -0.15) is 0 Å². The van der Waals surface area contributed by atoms with Crippen molar-refractivity contribution in [1.82, 2.24) is 0 Å². The molecule has 0 bridgehead atoms. The van der Waals surface area contributed by atoms with Crippen LogP contribution in [0.5, 0.6) is 5.75 Å². The first-order valence-electron chi connectivity index (χ1n) is 9.28. The normalized spacial score (nSPS) is 34.0. The fourth-order valence-electron chi connectivity index (χ4n) is 4.63. The van der Waals surface area contributed by atoms with Crippen molar-refractivity contribution in [2.45, 2.75) is 71.2 Å². The number of Topliss-reactive ketones (excluding diaryl/α,β-unsaturated/α-hetero) is 1. The summed E-state index contributed by atoms with van der Waals surface area (Å²) in [6.07, 6.45) is 4.78. The molecule has 1 aromatic carbocycles. The first-order chi connectivity index (χ1) is 11.7. The second-order valence-corrected chi connectivity index (χ2v) is 8.53. The topological polar surface area (TPSA) is 55.8 Å². The average Bonchev–Trinajstić information content (AvgIpc) is 2.71. The van der Waals surface area contributed by atoms with Crippen LogP contribution >= 0.6 is 0 Å². The summed E-state index contributed by atoms with van der Waals surface area (Å²) in [5.74, 6) is -0.299. The smallest absolute Gasteiger partial charge is 0.179 e. The highest BCUT2D eigenvalue weighted by Crippen LogP contribution is 2.58. The first kappa shape index (κ1) is 18.4. The molecule has 1 saturated carbocycles. The van der Waals surface area contributed by atoms with E-state index in [9.17, 15) is 9.90 Å². The largest absolute Gasteiger partial charge is 0.497 e. The Bertz CT molecular complexity index is 653. The number of hydrogen-bond acceptors (Lipinski definition) is 4. The molecule has 138 valence electrons. The van der Waals surface area contributed by atoms with Gasteiger partial charge in [-0.3, -0.25) is 4.79 Å². The molecule has 4 heteroatoms. The monoisotopic (exact) mass is 346 g/mol. The second kappa shape index (κ2) is 6.40. The Morgan fingerprint density at radius 3 is 2.80 bits per heavy atom. The molecule has 4 nitrogen and oxygen atoms in total. The van der Waals surface area contributed by atoms with Crippen LogP contribution in [0.2, 0.25) is 0 Å². The van der Waals surface area contributed by atoms with Gasteiger partial charge < -0.3 is 14.6 Å². The number of aliphatic hydroxyl groups is 1. The second-order valence-electron chi connectivity index (χ2n) is 8.53. The summed E-state index contributed by atoms with van der Waals surface area (Å²) in [6, 6.07) is 8.12. The Labute approximate surface area is 150 Å². The van der Waals surface area contributed by atoms with Gasteiger partial charge in [0, 0.05) is 11.8 Å². The zero-order valence-corrected chi connectivity index (χ0v) is 15.8. The van der Waals surface area contributed by atoms with E-state index >= 15 is 0 Å². The van der Waals surface area contributed by atoms with E-state index in [0.717, 1.165) is 31.4 Å². The Kier molecular flexibility index (Phi) is 4.71. The van der Waals surface area contributed by atoms with E-state index in [4.69, 9.17) is 9.47 Å². The van der Waals surface area contributed by atoms with Crippen LogP contribution in [-0.2, 0) is 16.0 Å².